The van der Waals surface area contributed by atoms with Gasteiger partial charge in [0.1, 0.15) is 11.3 Å². The summed E-state index contributed by atoms with van der Waals surface area (Å²) in [5.41, 5.74) is 1.53. The second-order valence-corrected chi connectivity index (χ2v) is 12.2. The number of ether oxygens (including phenoxy) is 1. The average molecular weight is 581 g/mol. The maximum atomic E-state index is 13.4. The first-order chi connectivity index (χ1) is 19.2. The van der Waals surface area contributed by atoms with Crippen molar-refractivity contribution in [2.45, 2.75) is 24.7 Å². The number of piperidine rings is 1. The van der Waals surface area contributed by atoms with Crippen LogP contribution in [-0.4, -0.2) is 51.0 Å². The summed E-state index contributed by atoms with van der Waals surface area (Å²) in [6, 6.07) is 17.8. The lowest BCUT2D eigenvalue weighted by atomic mass is 10.0. The number of hydrogen-bond acceptors (Lipinski definition) is 7. The summed E-state index contributed by atoms with van der Waals surface area (Å²) in [6.45, 7) is 2.98. The van der Waals surface area contributed by atoms with Crippen molar-refractivity contribution in [3.63, 3.8) is 0 Å². The van der Waals surface area contributed by atoms with Crippen LogP contribution in [0.2, 0.25) is 5.02 Å². The number of carbonyl (C=O) groups is 2. The zero-order valence-corrected chi connectivity index (χ0v) is 23.7. The van der Waals surface area contributed by atoms with Gasteiger partial charge < -0.3 is 14.5 Å². The van der Waals surface area contributed by atoms with Crippen molar-refractivity contribution in [3.05, 3.63) is 88.6 Å². The lowest BCUT2D eigenvalue weighted by Gasteiger charge is -2.29. The molecule has 1 fully saturated rings. The van der Waals surface area contributed by atoms with Crippen molar-refractivity contribution in [3.8, 4) is 5.75 Å². The minimum Gasteiger partial charge on any atom is -0.495 e. The number of rotatable bonds is 9. The highest BCUT2D eigenvalue weighted by Crippen LogP contribution is 2.34. The number of Topliss-reactive ketones (excluding diaryl/α,β-unsaturated/α-hetero) is 1. The second-order valence-electron chi connectivity index (χ2n) is 9.87. The van der Waals surface area contributed by atoms with E-state index < -0.39 is 15.8 Å². The lowest BCUT2D eigenvalue weighted by molar-refractivity contribution is 0.0997. The third-order valence-electron chi connectivity index (χ3n) is 7.20. The number of furan rings is 1. The number of benzene rings is 3. The molecule has 1 N–H and O–H groups in total. The van der Waals surface area contributed by atoms with Gasteiger partial charge in [-0.15, -0.1) is 0 Å². The summed E-state index contributed by atoms with van der Waals surface area (Å²) in [7, 11) is -2.12. The molecule has 3 aromatic carbocycles. The molecule has 0 aliphatic carbocycles. The van der Waals surface area contributed by atoms with Gasteiger partial charge in [0.2, 0.25) is 15.8 Å². The van der Waals surface area contributed by atoms with Crippen LogP contribution in [0.1, 0.15) is 46.2 Å². The van der Waals surface area contributed by atoms with Crippen molar-refractivity contribution in [1.82, 2.24) is 4.31 Å². The largest absolute Gasteiger partial charge is 0.495 e. The number of nitrogens with one attached hydrogen (secondary N) is 1. The van der Waals surface area contributed by atoms with Crippen LogP contribution in [0.5, 0.6) is 5.75 Å². The number of halogens is 1. The highest BCUT2D eigenvalue weighted by Gasteiger charge is 2.28. The number of hydrogen-bond donors (Lipinski definition) is 1. The molecule has 40 heavy (non-hydrogen) atoms. The summed E-state index contributed by atoms with van der Waals surface area (Å²) < 4.78 is 38.6. The van der Waals surface area contributed by atoms with E-state index in [0.29, 0.717) is 52.5 Å². The molecule has 0 spiro atoms. The van der Waals surface area contributed by atoms with Gasteiger partial charge in [0.05, 0.1) is 29.3 Å². The van der Waals surface area contributed by atoms with Gasteiger partial charge in [-0.1, -0.05) is 30.7 Å². The topological polar surface area (TPSA) is 106 Å². The van der Waals surface area contributed by atoms with Crippen molar-refractivity contribution < 1.29 is 27.2 Å². The van der Waals surface area contributed by atoms with E-state index >= 15 is 0 Å². The van der Waals surface area contributed by atoms with Crippen molar-refractivity contribution in [2.75, 3.05) is 32.1 Å². The number of methoxy groups -OCH3 is 1. The van der Waals surface area contributed by atoms with E-state index in [4.69, 9.17) is 20.8 Å². The van der Waals surface area contributed by atoms with Crippen molar-refractivity contribution in [1.29, 1.82) is 0 Å². The first kappa shape index (κ1) is 27.9. The molecular weight excluding hydrogens is 552 g/mol. The fourth-order valence-electron chi connectivity index (χ4n) is 4.78. The van der Waals surface area contributed by atoms with Crippen LogP contribution in [0.25, 0.3) is 11.0 Å². The maximum Gasteiger partial charge on any atom is 0.243 e. The standard InChI is InChI=1S/C30H29ClN2O6S/c1-19-13-15-33(16-14-19)40(36,37)22-10-7-20(8-11-22)25(34)18-32-28-23-5-3-4-6-26(23)39-30(28)29(35)21-9-12-27(38-2)24(31)17-21/h3-12,17,19,32H,13-16,18H2,1-2H3. The van der Waals surface area contributed by atoms with E-state index in [9.17, 15) is 18.0 Å². The van der Waals surface area contributed by atoms with E-state index in [1.54, 1.807) is 30.3 Å². The van der Waals surface area contributed by atoms with Gasteiger partial charge in [-0.25, -0.2) is 8.42 Å². The van der Waals surface area contributed by atoms with Gasteiger partial charge in [0.25, 0.3) is 0 Å². The molecule has 208 valence electrons. The normalized spacial score (nSPS) is 14.8. The Morgan fingerprint density at radius 2 is 1.70 bits per heavy atom. The minimum absolute atomic E-state index is 0.0486. The molecule has 2 heterocycles. The molecular formula is C30H29ClN2O6S. The first-order valence-electron chi connectivity index (χ1n) is 13.0. The predicted octanol–water partition coefficient (Wildman–Crippen LogP) is 6.04. The van der Waals surface area contributed by atoms with Gasteiger partial charge >= 0.3 is 0 Å². The molecule has 10 heteroatoms. The molecule has 1 aliphatic rings. The quantitative estimate of drug-likeness (QED) is 0.240. The third-order valence-corrected chi connectivity index (χ3v) is 9.41. The van der Waals surface area contributed by atoms with Crippen molar-refractivity contribution >= 4 is 49.8 Å². The number of sulfonamides is 1. The van der Waals surface area contributed by atoms with E-state index in [0.717, 1.165) is 12.8 Å². The Morgan fingerprint density at radius 3 is 2.38 bits per heavy atom. The molecule has 1 saturated heterocycles. The number of fused-ring (bicyclic) bond motifs is 1. The lowest BCUT2D eigenvalue weighted by Crippen LogP contribution is -2.37. The predicted molar refractivity (Wildman–Crippen MR) is 154 cm³/mol. The zero-order chi connectivity index (χ0) is 28.4. The summed E-state index contributed by atoms with van der Waals surface area (Å²) in [5, 5.41) is 4.01. The van der Waals surface area contributed by atoms with Crippen LogP contribution in [0.3, 0.4) is 0 Å². The molecule has 1 aliphatic heterocycles. The third kappa shape index (κ3) is 5.50. The molecule has 0 bridgehead atoms. The molecule has 0 unspecified atom stereocenters. The average Bonchev–Trinajstić information content (AvgIpc) is 3.34. The monoisotopic (exact) mass is 580 g/mol. The number of nitrogens with zero attached hydrogens (tertiary/aromatic N) is 1. The van der Waals surface area contributed by atoms with Gasteiger partial charge in [-0.3, -0.25) is 9.59 Å². The molecule has 4 aromatic rings. The Morgan fingerprint density at radius 1 is 1.02 bits per heavy atom. The summed E-state index contributed by atoms with van der Waals surface area (Å²) >= 11 is 6.23. The van der Waals surface area contributed by atoms with Crippen LogP contribution in [0, 0.1) is 5.92 Å². The van der Waals surface area contributed by atoms with Gasteiger partial charge in [-0.2, -0.15) is 4.31 Å². The number of carbonyl (C=O) groups excluding carboxylic acids is 2. The highest BCUT2D eigenvalue weighted by atomic mass is 35.5. The van der Waals surface area contributed by atoms with E-state index in [2.05, 4.69) is 12.2 Å². The molecule has 5 rings (SSSR count). The summed E-state index contributed by atoms with van der Waals surface area (Å²) in [4.78, 5) is 26.6. The minimum atomic E-state index is -3.61. The van der Waals surface area contributed by atoms with E-state index in [1.807, 2.05) is 6.07 Å². The number of para-hydroxylation sites is 1. The summed E-state index contributed by atoms with van der Waals surface area (Å²) in [6.07, 6.45) is 1.67. The van der Waals surface area contributed by atoms with Crippen LogP contribution in [0.4, 0.5) is 5.69 Å². The Kier molecular flexibility index (Phi) is 7.98. The smallest absolute Gasteiger partial charge is 0.243 e. The Balaban J connectivity index is 1.35. The fraction of sp³-hybridized carbons (Fsp3) is 0.267. The summed E-state index contributed by atoms with van der Waals surface area (Å²) in [5.74, 6) is 0.323. The molecule has 8 nitrogen and oxygen atoms in total. The van der Waals surface area contributed by atoms with E-state index in [1.165, 1.54) is 41.7 Å². The fourth-order valence-corrected chi connectivity index (χ4v) is 6.50. The Labute approximate surface area is 237 Å². The van der Waals surface area contributed by atoms with Crippen LogP contribution >= 0.6 is 11.6 Å². The van der Waals surface area contributed by atoms with Crippen LogP contribution in [0.15, 0.2) is 76.0 Å². The van der Waals surface area contributed by atoms with Crippen LogP contribution in [-0.2, 0) is 10.0 Å². The highest BCUT2D eigenvalue weighted by molar-refractivity contribution is 7.89. The number of anilines is 1. The zero-order valence-electron chi connectivity index (χ0n) is 22.1. The molecule has 0 amide bonds. The van der Waals surface area contributed by atoms with Gasteiger partial charge in [0.15, 0.2) is 11.5 Å². The molecule has 1 aromatic heterocycles. The SMILES string of the molecule is COc1ccc(C(=O)c2oc3ccccc3c2NCC(=O)c2ccc(S(=O)(=O)N3CCC(C)CC3)cc2)cc1Cl. The first-order valence-corrected chi connectivity index (χ1v) is 14.8. The Bertz CT molecular complexity index is 1670. The maximum absolute atomic E-state index is 13.4. The Hall–Kier alpha value is -3.66. The molecule has 0 saturated carbocycles. The van der Waals surface area contributed by atoms with Crippen LogP contribution < -0.4 is 10.1 Å². The number of ketones is 2. The van der Waals surface area contributed by atoms with E-state index in [-0.39, 0.29) is 28.0 Å². The van der Waals surface area contributed by atoms with Crippen molar-refractivity contribution in [2.24, 2.45) is 5.92 Å². The molecule has 0 atom stereocenters. The molecule has 0 radical (unpaired) electrons. The second kappa shape index (κ2) is 11.4. The van der Waals surface area contributed by atoms with Gasteiger partial charge in [-0.05, 0) is 73.4 Å². The van der Waals surface area contributed by atoms with Gasteiger partial charge in [0, 0.05) is 29.6 Å².